The Hall–Kier alpha value is -1.36. The van der Waals surface area contributed by atoms with Gasteiger partial charge in [0.15, 0.2) is 0 Å². The van der Waals surface area contributed by atoms with Crippen LogP contribution in [-0.4, -0.2) is 34.4 Å². The van der Waals surface area contributed by atoms with E-state index in [9.17, 15) is 19.8 Å². The Bertz CT molecular complexity index is 569. The highest BCUT2D eigenvalue weighted by atomic mass is 16.6. The van der Waals surface area contributed by atoms with Crippen molar-refractivity contribution in [2.75, 3.05) is 6.61 Å². The number of carboxylic acid groups (broad SMARTS) is 1. The number of ether oxygens (including phenoxy) is 1. The van der Waals surface area contributed by atoms with Crippen molar-refractivity contribution in [3.8, 4) is 0 Å². The van der Waals surface area contributed by atoms with Gasteiger partial charge in [0.25, 0.3) is 0 Å². The van der Waals surface area contributed by atoms with Gasteiger partial charge in [0.1, 0.15) is 5.60 Å². The van der Waals surface area contributed by atoms with Gasteiger partial charge in [-0.25, -0.2) is 4.79 Å². The molecule has 22 heavy (non-hydrogen) atoms. The number of hydrogen-bond donors (Lipinski definition) is 2. The summed E-state index contributed by atoms with van der Waals surface area (Å²) in [5.41, 5.74) is -1.99. The molecule has 4 atom stereocenters. The smallest absolute Gasteiger partial charge is 0.333 e. The second-order valence-electron chi connectivity index (χ2n) is 8.47. The zero-order valence-electron chi connectivity index (χ0n) is 13.3. The van der Waals surface area contributed by atoms with Crippen LogP contribution in [0, 0.1) is 16.2 Å². The largest absolute Gasteiger partial charge is 0.481 e. The van der Waals surface area contributed by atoms with E-state index in [4.69, 9.17) is 4.74 Å². The van der Waals surface area contributed by atoms with E-state index in [0.717, 1.165) is 6.42 Å². The van der Waals surface area contributed by atoms with Crippen molar-refractivity contribution in [3.63, 3.8) is 0 Å². The third-order valence-electron chi connectivity index (χ3n) is 5.83. The Morgan fingerprint density at radius 2 is 1.82 bits per heavy atom. The molecule has 5 nitrogen and oxygen atoms in total. The van der Waals surface area contributed by atoms with Crippen molar-refractivity contribution in [2.24, 2.45) is 16.2 Å². The third-order valence-corrected chi connectivity index (χ3v) is 5.83. The molecule has 4 unspecified atom stereocenters. The van der Waals surface area contributed by atoms with E-state index in [1.54, 1.807) is 6.92 Å². The first-order valence-corrected chi connectivity index (χ1v) is 7.81. The SMILES string of the molecule is C=C(C)C(=O)OC12CC3(C)CC(CO)(C1)CC(C(=O)O)(C3)C2. The van der Waals surface area contributed by atoms with Crippen molar-refractivity contribution in [1.82, 2.24) is 0 Å². The molecule has 4 aliphatic rings. The van der Waals surface area contributed by atoms with Gasteiger partial charge in [-0.1, -0.05) is 13.5 Å². The zero-order chi connectivity index (χ0) is 16.4. The molecule has 122 valence electrons. The molecule has 0 aromatic heterocycles. The molecule has 4 bridgehead atoms. The second kappa shape index (κ2) is 4.34. The summed E-state index contributed by atoms with van der Waals surface area (Å²) in [4.78, 5) is 24.0. The maximum Gasteiger partial charge on any atom is 0.333 e. The summed E-state index contributed by atoms with van der Waals surface area (Å²) < 4.78 is 5.77. The van der Waals surface area contributed by atoms with Crippen molar-refractivity contribution >= 4 is 11.9 Å². The van der Waals surface area contributed by atoms with Gasteiger partial charge in [-0.3, -0.25) is 4.79 Å². The number of carboxylic acids is 1. The summed E-state index contributed by atoms with van der Waals surface area (Å²) in [6.07, 6.45) is 3.47. The van der Waals surface area contributed by atoms with E-state index < -0.39 is 28.4 Å². The molecule has 4 fully saturated rings. The minimum absolute atomic E-state index is 0.0516. The lowest BCUT2D eigenvalue weighted by molar-refractivity contribution is -0.250. The van der Waals surface area contributed by atoms with Crippen LogP contribution >= 0.6 is 0 Å². The topological polar surface area (TPSA) is 83.8 Å². The lowest BCUT2D eigenvalue weighted by Crippen LogP contribution is -2.67. The average molecular weight is 308 g/mol. The summed E-state index contributed by atoms with van der Waals surface area (Å²) in [6, 6.07) is 0. The molecule has 0 aliphatic heterocycles. The molecule has 4 rings (SSSR count). The average Bonchev–Trinajstić information content (AvgIpc) is 2.35. The van der Waals surface area contributed by atoms with Gasteiger partial charge in [-0.05, 0) is 49.9 Å². The standard InChI is InChI=1S/C17H24O5/c1-11(2)12(19)22-17-6-14(3)4-15(8-17,10-18)7-16(5-14,9-17)13(20)21/h18H,1,4-10H2,2-3H3,(H,20,21). The van der Waals surface area contributed by atoms with Crippen LogP contribution in [0.3, 0.4) is 0 Å². The van der Waals surface area contributed by atoms with Crippen molar-refractivity contribution in [1.29, 1.82) is 0 Å². The Kier molecular flexibility index (Phi) is 3.07. The van der Waals surface area contributed by atoms with Crippen LogP contribution in [0.5, 0.6) is 0 Å². The van der Waals surface area contributed by atoms with Crippen LogP contribution in [0.15, 0.2) is 12.2 Å². The molecule has 0 aromatic rings. The van der Waals surface area contributed by atoms with Crippen LogP contribution in [0.4, 0.5) is 0 Å². The highest BCUT2D eigenvalue weighted by Crippen LogP contribution is 2.71. The van der Waals surface area contributed by atoms with Crippen LogP contribution in [0.1, 0.15) is 52.4 Å². The Morgan fingerprint density at radius 3 is 2.36 bits per heavy atom. The number of aliphatic hydroxyl groups is 1. The quantitative estimate of drug-likeness (QED) is 0.615. The minimum atomic E-state index is -0.887. The lowest BCUT2D eigenvalue weighted by atomic mass is 9.38. The maximum absolute atomic E-state index is 12.1. The molecule has 4 saturated carbocycles. The summed E-state index contributed by atoms with van der Waals surface area (Å²) in [5.74, 6) is -1.29. The van der Waals surface area contributed by atoms with Crippen LogP contribution in [0.25, 0.3) is 0 Å². The molecule has 0 aromatic carbocycles. The van der Waals surface area contributed by atoms with Gasteiger partial charge in [-0.15, -0.1) is 0 Å². The first-order valence-electron chi connectivity index (χ1n) is 7.81. The monoisotopic (exact) mass is 308 g/mol. The number of esters is 1. The minimum Gasteiger partial charge on any atom is -0.481 e. The van der Waals surface area contributed by atoms with Gasteiger partial charge >= 0.3 is 11.9 Å². The summed E-state index contributed by atoms with van der Waals surface area (Å²) in [7, 11) is 0. The van der Waals surface area contributed by atoms with E-state index in [0.29, 0.717) is 37.7 Å². The molecule has 4 aliphatic carbocycles. The molecule has 0 radical (unpaired) electrons. The first-order chi connectivity index (χ1) is 10.1. The fourth-order valence-corrected chi connectivity index (χ4v) is 6.05. The Morgan fingerprint density at radius 1 is 1.14 bits per heavy atom. The highest BCUT2D eigenvalue weighted by Gasteiger charge is 2.70. The Labute approximate surface area is 130 Å². The van der Waals surface area contributed by atoms with E-state index in [2.05, 4.69) is 13.5 Å². The molecule has 2 N–H and O–H groups in total. The number of carbonyl (C=O) groups is 2. The summed E-state index contributed by atoms with van der Waals surface area (Å²) in [6.45, 7) is 7.23. The van der Waals surface area contributed by atoms with Crippen molar-refractivity contribution < 1.29 is 24.5 Å². The lowest BCUT2D eigenvalue weighted by Gasteiger charge is -2.67. The van der Waals surface area contributed by atoms with E-state index in [1.807, 2.05) is 0 Å². The van der Waals surface area contributed by atoms with E-state index >= 15 is 0 Å². The van der Waals surface area contributed by atoms with Gasteiger partial charge in [0.05, 0.1) is 5.41 Å². The van der Waals surface area contributed by atoms with E-state index in [1.165, 1.54) is 0 Å². The second-order valence-corrected chi connectivity index (χ2v) is 8.47. The van der Waals surface area contributed by atoms with Gasteiger partial charge in [0, 0.05) is 18.6 Å². The fourth-order valence-electron chi connectivity index (χ4n) is 6.05. The molecule has 5 heteroatoms. The molecule has 0 spiro atoms. The third kappa shape index (κ3) is 2.09. The summed E-state index contributed by atoms with van der Waals surface area (Å²) >= 11 is 0. The van der Waals surface area contributed by atoms with Gasteiger partial charge in [-0.2, -0.15) is 0 Å². The first kappa shape index (κ1) is 15.5. The fraction of sp³-hybridized carbons (Fsp3) is 0.765. The number of aliphatic hydroxyl groups excluding tert-OH is 1. The highest BCUT2D eigenvalue weighted by molar-refractivity contribution is 5.87. The van der Waals surface area contributed by atoms with E-state index in [-0.39, 0.29) is 12.0 Å². The number of carbonyl (C=O) groups excluding carboxylic acids is 1. The van der Waals surface area contributed by atoms with Crippen LogP contribution in [0.2, 0.25) is 0 Å². The van der Waals surface area contributed by atoms with Crippen LogP contribution < -0.4 is 0 Å². The maximum atomic E-state index is 12.1. The molecular formula is C17H24O5. The molecule has 0 amide bonds. The number of aliphatic carboxylic acids is 1. The zero-order valence-corrected chi connectivity index (χ0v) is 13.3. The van der Waals surface area contributed by atoms with Crippen molar-refractivity contribution in [2.45, 2.75) is 58.0 Å². The normalized spacial score (nSPS) is 45.6. The van der Waals surface area contributed by atoms with Gasteiger partial charge < -0.3 is 14.9 Å². The van der Waals surface area contributed by atoms with Crippen molar-refractivity contribution in [3.05, 3.63) is 12.2 Å². The molecule has 0 saturated heterocycles. The summed E-state index contributed by atoms with van der Waals surface area (Å²) in [5, 5.41) is 19.8. The van der Waals surface area contributed by atoms with Crippen LogP contribution in [-0.2, 0) is 14.3 Å². The Balaban J connectivity index is 2.04. The molecule has 0 heterocycles. The van der Waals surface area contributed by atoms with Gasteiger partial charge in [0.2, 0.25) is 0 Å². The number of hydrogen-bond acceptors (Lipinski definition) is 4. The molecular weight excluding hydrogens is 284 g/mol. The number of rotatable bonds is 4. The predicted octanol–water partition coefficient (Wildman–Crippen LogP) is 2.28. The predicted molar refractivity (Wildman–Crippen MR) is 79.0 cm³/mol.